The van der Waals surface area contributed by atoms with E-state index in [0.717, 1.165) is 57.8 Å². The van der Waals surface area contributed by atoms with Crippen LogP contribution in [0.2, 0.25) is 0 Å². The summed E-state index contributed by atoms with van der Waals surface area (Å²) in [6.07, 6.45) is 2.26. The zero-order chi connectivity index (χ0) is 19.4. The second kappa shape index (κ2) is 8.85. The van der Waals surface area contributed by atoms with E-state index in [2.05, 4.69) is 29.0 Å². The molecule has 2 aliphatic heterocycles. The standard InChI is InChI=1S/C21H32N4O2/c1-16-6-7-19(14-17(16)2)22-21(27)18(3)24-12-10-23(11-13-24)15-20(26)25-8-4-5-9-25/h6-7,14,18H,4-5,8-13,15H2,1-3H3,(H,22,27)/t18-/m1/s1. The van der Waals surface area contributed by atoms with E-state index in [-0.39, 0.29) is 17.9 Å². The Hall–Kier alpha value is -1.92. The molecule has 0 aromatic heterocycles. The minimum atomic E-state index is -0.178. The number of piperazine rings is 1. The number of hydrogen-bond donors (Lipinski definition) is 1. The Bertz CT molecular complexity index is 677. The van der Waals surface area contributed by atoms with E-state index in [4.69, 9.17) is 0 Å². The summed E-state index contributed by atoms with van der Waals surface area (Å²) in [5.41, 5.74) is 3.25. The Morgan fingerprint density at radius 2 is 1.67 bits per heavy atom. The lowest BCUT2D eigenvalue weighted by Gasteiger charge is -2.37. The highest BCUT2D eigenvalue weighted by Crippen LogP contribution is 2.16. The normalized spacial score (nSPS) is 19.9. The van der Waals surface area contributed by atoms with E-state index < -0.39 is 0 Å². The molecule has 1 aromatic carbocycles. The molecule has 0 radical (unpaired) electrons. The van der Waals surface area contributed by atoms with Crippen LogP contribution in [0.3, 0.4) is 0 Å². The van der Waals surface area contributed by atoms with Gasteiger partial charge in [-0.3, -0.25) is 19.4 Å². The average Bonchev–Trinajstić information content (AvgIpc) is 3.20. The molecule has 0 bridgehead atoms. The predicted octanol–water partition coefficient (Wildman–Crippen LogP) is 1.87. The van der Waals surface area contributed by atoms with Gasteiger partial charge in [-0.15, -0.1) is 0 Å². The van der Waals surface area contributed by atoms with Gasteiger partial charge in [-0.2, -0.15) is 0 Å². The van der Waals surface area contributed by atoms with Gasteiger partial charge in [0.05, 0.1) is 12.6 Å². The molecule has 0 aliphatic carbocycles. The van der Waals surface area contributed by atoms with Gasteiger partial charge in [0.1, 0.15) is 0 Å². The van der Waals surface area contributed by atoms with Crippen LogP contribution in [0.1, 0.15) is 30.9 Å². The van der Waals surface area contributed by atoms with Gasteiger partial charge in [-0.05, 0) is 56.9 Å². The summed E-state index contributed by atoms with van der Waals surface area (Å²) in [6.45, 7) is 11.7. The van der Waals surface area contributed by atoms with Crippen molar-refractivity contribution in [1.82, 2.24) is 14.7 Å². The van der Waals surface area contributed by atoms with Crippen molar-refractivity contribution < 1.29 is 9.59 Å². The molecule has 6 nitrogen and oxygen atoms in total. The Labute approximate surface area is 162 Å². The minimum Gasteiger partial charge on any atom is -0.342 e. The number of likely N-dealkylation sites (tertiary alicyclic amines) is 1. The third-order valence-electron chi connectivity index (χ3n) is 5.93. The fourth-order valence-electron chi connectivity index (χ4n) is 3.80. The number of aryl methyl sites for hydroxylation is 2. The highest BCUT2D eigenvalue weighted by atomic mass is 16.2. The first-order valence-electron chi connectivity index (χ1n) is 10.1. The van der Waals surface area contributed by atoms with Crippen LogP contribution in [0.15, 0.2) is 18.2 Å². The summed E-state index contributed by atoms with van der Waals surface area (Å²) >= 11 is 0. The molecule has 2 heterocycles. The minimum absolute atomic E-state index is 0.0276. The van der Waals surface area contributed by atoms with Crippen LogP contribution < -0.4 is 5.32 Å². The molecule has 1 atom stereocenters. The van der Waals surface area contributed by atoms with Gasteiger partial charge in [-0.25, -0.2) is 0 Å². The van der Waals surface area contributed by atoms with E-state index in [1.165, 1.54) is 11.1 Å². The zero-order valence-electron chi connectivity index (χ0n) is 16.8. The first-order valence-corrected chi connectivity index (χ1v) is 10.1. The fraction of sp³-hybridized carbons (Fsp3) is 0.619. The number of anilines is 1. The van der Waals surface area contributed by atoms with E-state index >= 15 is 0 Å². The predicted molar refractivity (Wildman–Crippen MR) is 108 cm³/mol. The molecule has 2 amide bonds. The number of hydrogen-bond acceptors (Lipinski definition) is 4. The van der Waals surface area contributed by atoms with Crippen molar-refractivity contribution in [2.75, 3.05) is 51.1 Å². The Balaban J connectivity index is 1.45. The first kappa shape index (κ1) is 19.8. The molecule has 148 valence electrons. The molecule has 3 rings (SSSR count). The zero-order valence-corrected chi connectivity index (χ0v) is 16.8. The molecule has 0 unspecified atom stereocenters. The molecule has 0 saturated carbocycles. The fourth-order valence-corrected chi connectivity index (χ4v) is 3.80. The number of nitrogens with one attached hydrogen (secondary N) is 1. The smallest absolute Gasteiger partial charge is 0.241 e. The Kier molecular flexibility index (Phi) is 6.50. The Morgan fingerprint density at radius 3 is 2.30 bits per heavy atom. The monoisotopic (exact) mass is 372 g/mol. The van der Waals surface area contributed by atoms with E-state index in [0.29, 0.717) is 6.54 Å². The number of benzene rings is 1. The van der Waals surface area contributed by atoms with Gasteiger partial charge in [0, 0.05) is 45.0 Å². The van der Waals surface area contributed by atoms with Crippen LogP contribution in [-0.4, -0.2) is 78.4 Å². The van der Waals surface area contributed by atoms with E-state index in [9.17, 15) is 9.59 Å². The van der Waals surface area contributed by atoms with E-state index in [1.54, 1.807) is 0 Å². The van der Waals surface area contributed by atoms with Crippen LogP contribution in [0.4, 0.5) is 5.69 Å². The lowest BCUT2D eigenvalue weighted by atomic mass is 10.1. The van der Waals surface area contributed by atoms with Gasteiger partial charge < -0.3 is 10.2 Å². The summed E-state index contributed by atoms with van der Waals surface area (Å²) in [5.74, 6) is 0.279. The summed E-state index contributed by atoms with van der Waals surface area (Å²) in [5, 5.41) is 3.03. The molecule has 1 N–H and O–H groups in total. The van der Waals surface area contributed by atoms with Crippen LogP contribution in [0.5, 0.6) is 0 Å². The quantitative estimate of drug-likeness (QED) is 0.857. The molecule has 27 heavy (non-hydrogen) atoms. The van der Waals surface area contributed by atoms with Crippen LogP contribution >= 0.6 is 0 Å². The average molecular weight is 373 g/mol. The third kappa shape index (κ3) is 5.08. The molecule has 2 aliphatic rings. The van der Waals surface area contributed by atoms with Crippen LogP contribution in [-0.2, 0) is 9.59 Å². The van der Waals surface area contributed by atoms with Crippen LogP contribution in [0.25, 0.3) is 0 Å². The molecular formula is C21H32N4O2. The molecule has 2 saturated heterocycles. The molecule has 0 spiro atoms. The van der Waals surface area contributed by atoms with Gasteiger partial charge in [0.25, 0.3) is 0 Å². The van der Waals surface area contributed by atoms with Gasteiger partial charge in [0.2, 0.25) is 11.8 Å². The van der Waals surface area contributed by atoms with Crippen molar-refractivity contribution in [1.29, 1.82) is 0 Å². The summed E-state index contributed by atoms with van der Waals surface area (Å²) in [6, 6.07) is 5.82. The van der Waals surface area contributed by atoms with Crippen LogP contribution in [0, 0.1) is 13.8 Å². The van der Waals surface area contributed by atoms with Crippen molar-refractivity contribution in [2.24, 2.45) is 0 Å². The topological polar surface area (TPSA) is 55.9 Å². The lowest BCUT2D eigenvalue weighted by Crippen LogP contribution is -2.54. The first-order chi connectivity index (χ1) is 12.9. The van der Waals surface area contributed by atoms with Gasteiger partial charge in [0.15, 0.2) is 0 Å². The third-order valence-corrected chi connectivity index (χ3v) is 5.93. The summed E-state index contributed by atoms with van der Waals surface area (Å²) in [4.78, 5) is 31.3. The van der Waals surface area contributed by atoms with E-state index in [1.807, 2.05) is 30.0 Å². The number of amides is 2. The van der Waals surface area contributed by atoms with Crippen molar-refractivity contribution in [3.05, 3.63) is 29.3 Å². The SMILES string of the molecule is Cc1ccc(NC(=O)[C@@H](C)N2CCN(CC(=O)N3CCCC3)CC2)cc1C. The number of nitrogens with zero attached hydrogens (tertiary/aromatic N) is 3. The molecule has 2 fully saturated rings. The molecule has 1 aromatic rings. The largest absolute Gasteiger partial charge is 0.342 e. The van der Waals surface area contributed by atoms with Crippen molar-refractivity contribution in [2.45, 2.75) is 39.7 Å². The van der Waals surface area contributed by atoms with Crippen molar-refractivity contribution >= 4 is 17.5 Å². The summed E-state index contributed by atoms with van der Waals surface area (Å²) in [7, 11) is 0. The number of carbonyl (C=O) groups is 2. The van der Waals surface area contributed by atoms with Crippen molar-refractivity contribution in [3.8, 4) is 0 Å². The maximum Gasteiger partial charge on any atom is 0.241 e. The number of rotatable bonds is 5. The summed E-state index contributed by atoms with van der Waals surface area (Å²) < 4.78 is 0. The maximum atomic E-state index is 12.6. The Morgan fingerprint density at radius 1 is 1.00 bits per heavy atom. The highest BCUT2D eigenvalue weighted by Gasteiger charge is 2.27. The second-order valence-electron chi connectivity index (χ2n) is 7.86. The van der Waals surface area contributed by atoms with Crippen molar-refractivity contribution in [3.63, 3.8) is 0 Å². The molecule has 6 heteroatoms. The highest BCUT2D eigenvalue weighted by molar-refractivity contribution is 5.94. The van der Waals surface area contributed by atoms with Gasteiger partial charge in [-0.1, -0.05) is 6.07 Å². The number of carbonyl (C=O) groups excluding carboxylic acids is 2. The second-order valence-corrected chi connectivity index (χ2v) is 7.86. The maximum absolute atomic E-state index is 12.6. The molecular weight excluding hydrogens is 340 g/mol. The van der Waals surface area contributed by atoms with Gasteiger partial charge >= 0.3 is 0 Å². The lowest BCUT2D eigenvalue weighted by molar-refractivity contribution is -0.132.